The SMILES string of the molecule is CCNC(C1=CCCCC1)c1cc(OC)ccc1Br. The molecule has 3 heteroatoms. The molecule has 19 heavy (non-hydrogen) atoms. The Labute approximate surface area is 124 Å². The van der Waals surface area contributed by atoms with E-state index in [2.05, 4.69) is 46.4 Å². The second-order valence-electron chi connectivity index (χ2n) is 4.90. The second kappa shape index (κ2) is 7.11. The highest BCUT2D eigenvalue weighted by molar-refractivity contribution is 9.10. The van der Waals surface area contributed by atoms with Crippen LogP contribution in [-0.2, 0) is 0 Å². The summed E-state index contributed by atoms with van der Waals surface area (Å²) < 4.78 is 6.50. The van der Waals surface area contributed by atoms with Crippen LogP contribution in [0.2, 0.25) is 0 Å². The molecule has 2 rings (SSSR count). The second-order valence-corrected chi connectivity index (χ2v) is 5.76. The number of allylic oxidation sites excluding steroid dienone is 1. The summed E-state index contributed by atoms with van der Waals surface area (Å²) >= 11 is 3.67. The molecule has 2 nitrogen and oxygen atoms in total. The Bertz CT molecular complexity index is 456. The molecule has 1 unspecified atom stereocenters. The van der Waals surface area contributed by atoms with Crippen LogP contribution in [0, 0.1) is 0 Å². The lowest BCUT2D eigenvalue weighted by Crippen LogP contribution is -2.24. The first-order valence-electron chi connectivity index (χ1n) is 7.02. The molecule has 1 aromatic carbocycles. The van der Waals surface area contributed by atoms with Crippen molar-refractivity contribution in [3.05, 3.63) is 39.9 Å². The highest BCUT2D eigenvalue weighted by Crippen LogP contribution is 2.35. The van der Waals surface area contributed by atoms with Crippen molar-refractivity contribution >= 4 is 15.9 Å². The number of benzene rings is 1. The normalized spacial score (nSPS) is 16.9. The first-order chi connectivity index (χ1) is 9.26. The molecular formula is C16H22BrNO. The molecule has 0 bridgehead atoms. The monoisotopic (exact) mass is 323 g/mol. The lowest BCUT2D eigenvalue weighted by Gasteiger charge is -2.25. The smallest absolute Gasteiger partial charge is 0.119 e. The fourth-order valence-electron chi connectivity index (χ4n) is 2.64. The van der Waals surface area contributed by atoms with Gasteiger partial charge in [-0.1, -0.05) is 34.5 Å². The summed E-state index contributed by atoms with van der Waals surface area (Å²) in [5, 5.41) is 3.61. The first-order valence-corrected chi connectivity index (χ1v) is 7.81. The van der Waals surface area contributed by atoms with Crippen molar-refractivity contribution in [1.82, 2.24) is 5.32 Å². The molecular weight excluding hydrogens is 302 g/mol. The number of ether oxygens (including phenoxy) is 1. The number of rotatable bonds is 5. The summed E-state index contributed by atoms with van der Waals surface area (Å²) in [6.45, 7) is 3.12. The molecule has 0 amide bonds. The third kappa shape index (κ3) is 3.61. The van der Waals surface area contributed by atoms with Crippen molar-refractivity contribution in [2.75, 3.05) is 13.7 Å². The number of methoxy groups -OCH3 is 1. The van der Waals surface area contributed by atoms with Gasteiger partial charge in [-0.2, -0.15) is 0 Å². The van der Waals surface area contributed by atoms with Gasteiger partial charge in [0.05, 0.1) is 13.2 Å². The van der Waals surface area contributed by atoms with Crippen LogP contribution in [0.4, 0.5) is 0 Å². The van der Waals surface area contributed by atoms with E-state index in [0.717, 1.165) is 16.8 Å². The van der Waals surface area contributed by atoms with Crippen LogP contribution < -0.4 is 10.1 Å². The van der Waals surface area contributed by atoms with E-state index >= 15 is 0 Å². The van der Waals surface area contributed by atoms with Gasteiger partial charge in [0.15, 0.2) is 0 Å². The molecule has 0 spiro atoms. The highest BCUT2D eigenvalue weighted by Gasteiger charge is 2.20. The van der Waals surface area contributed by atoms with Gasteiger partial charge in [-0.3, -0.25) is 0 Å². The van der Waals surface area contributed by atoms with E-state index in [0.29, 0.717) is 6.04 Å². The zero-order chi connectivity index (χ0) is 13.7. The first kappa shape index (κ1) is 14.6. The van der Waals surface area contributed by atoms with Crippen LogP contribution >= 0.6 is 15.9 Å². The summed E-state index contributed by atoms with van der Waals surface area (Å²) in [5.74, 6) is 0.914. The van der Waals surface area contributed by atoms with Gasteiger partial charge in [0.1, 0.15) is 5.75 Å². The fraction of sp³-hybridized carbons (Fsp3) is 0.500. The molecule has 0 aliphatic heterocycles. The van der Waals surface area contributed by atoms with Gasteiger partial charge >= 0.3 is 0 Å². The van der Waals surface area contributed by atoms with Crippen LogP contribution in [0.3, 0.4) is 0 Å². The average Bonchev–Trinajstić information content (AvgIpc) is 2.47. The van der Waals surface area contributed by atoms with E-state index < -0.39 is 0 Å². The van der Waals surface area contributed by atoms with Crippen LogP contribution in [0.25, 0.3) is 0 Å². The Morgan fingerprint density at radius 3 is 2.84 bits per heavy atom. The minimum Gasteiger partial charge on any atom is -0.497 e. The summed E-state index contributed by atoms with van der Waals surface area (Å²) in [6.07, 6.45) is 7.43. The van der Waals surface area contributed by atoms with Gasteiger partial charge in [-0.15, -0.1) is 0 Å². The quantitative estimate of drug-likeness (QED) is 0.799. The molecule has 0 fully saturated rings. The molecule has 1 aliphatic carbocycles. The standard InChI is InChI=1S/C16H22BrNO/c1-3-18-16(12-7-5-4-6-8-12)14-11-13(19-2)9-10-15(14)17/h7,9-11,16,18H,3-6,8H2,1-2H3. The summed E-state index contributed by atoms with van der Waals surface area (Å²) in [4.78, 5) is 0. The molecule has 1 atom stereocenters. The molecule has 0 aromatic heterocycles. The Morgan fingerprint density at radius 1 is 1.37 bits per heavy atom. The van der Waals surface area contributed by atoms with Crippen LogP contribution in [0.5, 0.6) is 5.75 Å². The Kier molecular flexibility index (Phi) is 5.46. The molecule has 1 N–H and O–H groups in total. The fourth-order valence-corrected chi connectivity index (χ4v) is 3.12. The zero-order valence-electron chi connectivity index (χ0n) is 11.7. The van der Waals surface area contributed by atoms with E-state index in [-0.39, 0.29) is 0 Å². The maximum atomic E-state index is 5.36. The van der Waals surface area contributed by atoms with E-state index in [1.54, 1.807) is 7.11 Å². The lowest BCUT2D eigenvalue weighted by molar-refractivity contribution is 0.413. The Morgan fingerprint density at radius 2 is 2.21 bits per heavy atom. The van der Waals surface area contributed by atoms with Crippen molar-refractivity contribution < 1.29 is 4.74 Å². The minimum atomic E-state index is 0.301. The average molecular weight is 324 g/mol. The lowest BCUT2D eigenvalue weighted by atomic mass is 9.89. The van der Waals surface area contributed by atoms with E-state index in [9.17, 15) is 0 Å². The summed E-state index contributed by atoms with van der Waals surface area (Å²) in [6, 6.07) is 6.50. The van der Waals surface area contributed by atoms with Crippen molar-refractivity contribution in [2.45, 2.75) is 38.6 Å². The van der Waals surface area contributed by atoms with Gasteiger partial charge in [0.25, 0.3) is 0 Å². The third-order valence-electron chi connectivity index (χ3n) is 3.62. The molecule has 0 saturated carbocycles. The van der Waals surface area contributed by atoms with Crippen LogP contribution in [0.1, 0.15) is 44.2 Å². The van der Waals surface area contributed by atoms with Gasteiger partial charge in [0.2, 0.25) is 0 Å². The summed E-state index contributed by atoms with van der Waals surface area (Å²) in [5.41, 5.74) is 2.79. The predicted molar refractivity (Wildman–Crippen MR) is 83.7 cm³/mol. The van der Waals surface area contributed by atoms with E-state index in [1.165, 1.54) is 36.8 Å². The zero-order valence-corrected chi connectivity index (χ0v) is 13.3. The topological polar surface area (TPSA) is 21.3 Å². The van der Waals surface area contributed by atoms with Crippen LogP contribution in [0.15, 0.2) is 34.3 Å². The molecule has 0 saturated heterocycles. The van der Waals surface area contributed by atoms with Crippen molar-refractivity contribution in [3.8, 4) is 5.75 Å². The molecule has 0 radical (unpaired) electrons. The third-order valence-corrected chi connectivity index (χ3v) is 4.34. The van der Waals surface area contributed by atoms with Crippen LogP contribution in [-0.4, -0.2) is 13.7 Å². The molecule has 1 aromatic rings. The van der Waals surface area contributed by atoms with E-state index in [1.807, 2.05) is 6.07 Å². The maximum Gasteiger partial charge on any atom is 0.119 e. The Hall–Kier alpha value is -0.800. The number of hydrogen-bond donors (Lipinski definition) is 1. The number of nitrogens with one attached hydrogen (secondary N) is 1. The number of halogens is 1. The van der Waals surface area contributed by atoms with Gasteiger partial charge in [-0.25, -0.2) is 0 Å². The van der Waals surface area contributed by atoms with Gasteiger partial charge < -0.3 is 10.1 Å². The maximum absolute atomic E-state index is 5.36. The summed E-state index contributed by atoms with van der Waals surface area (Å²) in [7, 11) is 1.72. The highest BCUT2D eigenvalue weighted by atomic mass is 79.9. The minimum absolute atomic E-state index is 0.301. The van der Waals surface area contributed by atoms with Gasteiger partial charge in [0, 0.05) is 4.47 Å². The van der Waals surface area contributed by atoms with Crippen molar-refractivity contribution in [1.29, 1.82) is 0 Å². The number of likely N-dealkylation sites (N-methyl/N-ethyl adjacent to an activating group) is 1. The predicted octanol–water partition coefficient (Wildman–Crippen LogP) is 4.61. The van der Waals surface area contributed by atoms with Crippen molar-refractivity contribution in [2.24, 2.45) is 0 Å². The van der Waals surface area contributed by atoms with Crippen molar-refractivity contribution in [3.63, 3.8) is 0 Å². The molecule has 104 valence electrons. The molecule has 0 heterocycles. The number of hydrogen-bond acceptors (Lipinski definition) is 2. The molecule has 1 aliphatic rings. The largest absolute Gasteiger partial charge is 0.497 e. The Balaban J connectivity index is 2.34. The van der Waals surface area contributed by atoms with E-state index in [4.69, 9.17) is 4.74 Å². The van der Waals surface area contributed by atoms with Gasteiger partial charge in [-0.05, 0) is 56.0 Å².